The first-order chi connectivity index (χ1) is 14.9. The van der Waals surface area contributed by atoms with Gasteiger partial charge in [0.2, 0.25) is 0 Å². The van der Waals surface area contributed by atoms with Crippen LogP contribution in [0.25, 0.3) is 12.2 Å². The van der Waals surface area contributed by atoms with Gasteiger partial charge in [0.1, 0.15) is 0 Å². The minimum absolute atomic E-state index is 0.00844. The van der Waals surface area contributed by atoms with Crippen LogP contribution < -0.4 is 0 Å². The van der Waals surface area contributed by atoms with Gasteiger partial charge in [-0.3, -0.25) is 0 Å². The van der Waals surface area contributed by atoms with Crippen molar-refractivity contribution in [2.24, 2.45) is 0 Å². The summed E-state index contributed by atoms with van der Waals surface area (Å²) < 4.78 is 17.6. The molecule has 4 rings (SSSR count). The normalized spacial score (nSPS) is 24.8. The lowest BCUT2D eigenvalue weighted by atomic mass is 9.59. The summed E-state index contributed by atoms with van der Waals surface area (Å²) in [6.07, 6.45) is 4.23. The van der Waals surface area contributed by atoms with Crippen LogP contribution in [-0.2, 0) is 25.0 Å². The van der Waals surface area contributed by atoms with Crippen molar-refractivity contribution in [1.29, 1.82) is 0 Å². The topological polar surface area (TPSA) is 44.8 Å². The quantitative estimate of drug-likeness (QED) is 0.436. The van der Waals surface area contributed by atoms with E-state index in [1.807, 2.05) is 26.0 Å². The van der Waals surface area contributed by atoms with E-state index in [0.29, 0.717) is 5.56 Å². The van der Waals surface area contributed by atoms with Crippen molar-refractivity contribution in [2.45, 2.75) is 77.3 Å². The number of hydrogen-bond acceptors (Lipinski definition) is 4. The minimum atomic E-state index is -0.583. The Balaban J connectivity index is 1.71. The molecular weight excluding hydrogens is 400 g/mol. The van der Waals surface area contributed by atoms with Gasteiger partial charge in [-0.1, -0.05) is 64.1 Å². The highest BCUT2D eigenvalue weighted by Crippen LogP contribution is 2.53. The van der Waals surface area contributed by atoms with Crippen LogP contribution in [0.1, 0.15) is 79.7 Å². The molecule has 4 heteroatoms. The maximum atomic E-state index is 11.7. The molecule has 1 fully saturated rings. The molecule has 2 atom stereocenters. The van der Waals surface area contributed by atoms with E-state index in [2.05, 4.69) is 58.9 Å². The van der Waals surface area contributed by atoms with Crippen LogP contribution in [0.5, 0.6) is 0 Å². The highest BCUT2D eigenvalue weighted by atomic mass is 16.8. The van der Waals surface area contributed by atoms with E-state index in [-0.39, 0.29) is 29.0 Å². The molecule has 0 spiro atoms. The van der Waals surface area contributed by atoms with E-state index in [4.69, 9.17) is 14.2 Å². The van der Waals surface area contributed by atoms with Crippen LogP contribution in [0.2, 0.25) is 0 Å². The molecular formula is C28H34O4. The van der Waals surface area contributed by atoms with Gasteiger partial charge < -0.3 is 14.2 Å². The second kappa shape index (κ2) is 7.57. The third kappa shape index (κ3) is 3.70. The standard InChI is InChI=1S/C28H34O4/c1-17-15-21-22(27(4,5)24-23(26(21,2)3)31-28(6,7)32-24)16-20(17)14-11-18-9-12-19(13-10-18)25(29)30-8/h9-16,23-24H,1-8H3/t23-,24+/m1/s1. The summed E-state index contributed by atoms with van der Waals surface area (Å²) in [6.45, 7) is 15.2. The van der Waals surface area contributed by atoms with Crippen LogP contribution in [-0.4, -0.2) is 31.1 Å². The monoisotopic (exact) mass is 434 g/mol. The third-order valence-corrected chi connectivity index (χ3v) is 7.10. The van der Waals surface area contributed by atoms with Crippen molar-refractivity contribution in [2.75, 3.05) is 7.11 Å². The molecule has 0 saturated carbocycles. The number of benzene rings is 2. The molecule has 0 bridgehead atoms. The number of aryl methyl sites for hydroxylation is 1. The van der Waals surface area contributed by atoms with Gasteiger partial charge in [-0.05, 0) is 60.7 Å². The molecule has 0 aromatic heterocycles. The predicted octanol–water partition coefficient (Wildman–Crippen LogP) is 6.04. The van der Waals surface area contributed by atoms with E-state index in [1.165, 1.54) is 29.4 Å². The number of methoxy groups -OCH3 is 1. The number of hydrogen-bond donors (Lipinski definition) is 0. The van der Waals surface area contributed by atoms with Crippen molar-refractivity contribution < 1.29 is 19.0 Å². The van der Waals surface area contributed by atoms with Gasteiger partial charge in [0.25, 0.3) is 0 Å². The Kier molecular flexibility index (Phi) is 5.38. The molecule has 170 valence electrons. The minimum Gasteiger partial charge on any atom is -0.465 e. The van der Waals surface area contributed by atoms with Crippen LogP contribution in [0, 0.1) is 6.92 Å². The molecule has 1 aliphatic carbocycles. The first-order valence-corrected chi connectivity index (χ1v) is 11.2. The van der Waals surface area contributed by atoms with E-state index >= 15 is 0 Å². The molecule has 2 aromatic rings. The first-order valence-electron chi connectivity index (χ1n) is 11.2. The maximum absolute atomic E-state index is 11.7. The Morgan fingerprint density at radius 3 is 1.94 bits per heavy atom. The van der Waals surface area contributed by atoms with Gasteiger partial charge in [-0.2, -0.15) is 0 Å². The number of rotatable bonds is 3. The molecule has 1 aliphatic heterocycles. The Morgan fingerprint density at radius 2 is 1.41 bits per heavy atom. The number of carbonyl (C=O) groups excluding carboxylic acids is 1. The van der Waals surface area contributed by atoms with Gasteiger partial charge >= 0.3 is 5.97 Å². The van der Waals surface area contributed by atoms with Crippen molar-refractivity contribution in [3.05, 3.63) is 69.8 Å². The molecule has 0 unspecified atom stereocenters. The average Bonchev–Trinajstić information content (AvgIpc) is 3.09. The van der Waals surface area contributed by atoms with Crippen molar-refractivity contribution in [3.8, 4) is 0 Å². The van der Waals surface area contributed by atoms with Crippen LogP contribution >= 0.6 is 0 Å². The molecule has 32 heavy (non-hydrogen) atoms. The maximum Gasteiger partial charge on any atom is 0.337 e. The molecule has 0 radical (unpaired) electrons. The fourth-order valence-corrected chi connectivity index (χ4v) is 5.13. The summed E-state index contributed by atoms with van der Waals surface area (Å²) in [7, 11) is 1.39. The molecule has 2 aliphatic rings. The summed E-state index contributed by atoms with van der Waals surface area (Å²) in [5, 5.41) is 0. The summed E-state index contributed by atoms with van der Waals surface area (Å²) in [6, 6.07) is 12.1. The van der Waals surface area contributed by atoms with Crippen molar-refractivity contribution in [3.63, 3.8) is 0 Å². The van der Waals surface area contributed by atoms with E-state index in [9.17, 15) is 4.79 Å². The smallest absolute Gasteiger partial charge is 0.337 e. The Labute approximate surface area is 191 Å². The van der Waals surface area contributed by atoms with Crippen LogP contribution in [0.3, 0.4) is 0 Å². The first kappa shape index (κ1) is 22.8. The van der Waals surface area contributed by atoms with Gasteiger partial charge in [0, 0.05) is 10.8 Å². The molecule has 4 nitrogen and oxygen atoms in total. The zero-order valence-corrected chi connectivity index (χ0v) is 20.4. The lowest BCUT2D eigenvalue weighted by molar-refractivity contribution is -0.153. The van der Waals surface area contributed by atoms with Crippen molar-refractivity contribution >= 4 is 18.1 Å². The Bertz CT molecular complexity index is 1070. The van der Waals surface area contributed by atoms with E-state index in [1.54, 1.807) is 12.1 Å². The average molecular weight is 435 g/mol. The SMILES string of the molecule is COC(=O)c1ccc(C=Cc2cc3c(cc2C)C(C)(C)[C@@H]2OC(C)(C)O[C@@H]2C3(C)C)cc1. The van der Waals surface area contributed by atoms with Gasteiger partial charge in [-0.25, -0.2) is 4.79 Å². The number of carbonyl (C=O) groups is 1. The molecule has 0 amide bonds. The highest BCUT2D eigenvalue weighted by molar-refractivity contribution is 5.89. The van der Waals surface area contributed by atoms with Gasteiger partial charge in [-0.15, -0.1) is 0 Å². The lowest BCUT2D eigenvalue weighted by Gasteiger charge is -2.48. The van der Waals surface area contributed by atoms with E-state index < -0.39 is 5.79 Å². The zero-order valence-electron chi connectivity index (χ0n) is 20.4. The van der Waals surface area contributed by atoms with Gasteiger partial charge in [0.05, 0.1) is 24.9 Å². The number of fused-ring (bicyclic) bond motifs is 2. The molecule has 0 N–H and O–H groups in total. The predicted molar refractivity (Wildman–Crippen MR) is 128 cm³/mol. The summed E-state index contributed by atoms with van der Waals surface area (Å²) in [4.78, 5) is 11.7. The fourth-order valence-electron chi connectivity index (χ4n) is 5.13. The Hall–Kier alpha value is -2.43. The fraction of sp³-hybridized carbons (Fsp3) is 0.464. The van der Waals surface area contributed by atoms with E-state index in [0.717, 1.165) is 5.56 Å². The van der Waals surface area contributed by atoms with Crippen LogP contribution in [0.4, 0.5) is 0 Å². The zero-order chi connectivity index (χ0) is 23.5. The second-order valence-electron chi connectivity index (χ2n) is 10.6. The number of ether oxygens (including phenoxy) is 3. The second-order valence-corrected chi connectivity index (χ2v) is 10.6. The van der Waals surface area contributed by atoms with Crippen molar-refractivity contribution in [1.82, 2.24) is 0 Å². The Morgan fingerprint density at radius 1 is 0.875 bits per heavy atom. The summed E-state index contributed by atoms with van der Waals surface area (Å²) >= 11 is 0. The largest absolute Gasteiger partial charge is 0.465 e. The highest BCUT2D eigenvalue weighted by Gasteiger charge is 2.59. The molecule has 2 aromatic carbocycles. The summed E-state index contributed by atoms with van der Waals surface area (Å²) in [5.41, 5.74) is 6.31. The van der Waals surface area contributed by atoms with Gasteiger partial charge in [0.15, 0.2) is 5.79 Å². The third-order valence-electron chi connectivity index (χ3n) is 7.10. The van der Waals surface area contributed by atoms with Crippen LogP contribution in [0.15, 0.2) is 36.4 Å². The summed E-state index contributed by atoms with van der Waals surface area (Å²) in [5.74, 6) is -0.907. The lowest BCUT2D eigenvalue weighted by Crippen LogP contribution is -2.54. The molecule has 1 saturated heterocycles. The number of esters is 1. The molecule has 1 heterocycles.